The molecule has 0 saturated heterocycles. The number of hydrogen-bond acceptors (Lipinski definition) is 4. The molecule has 0 bridgehead atoms. The van der Waals surface area contributed by atoms with Gasteiger partial charge in [-0.2, -0.15) is 5.10 Å². The van der Waals surface area contributed by atoms with E-state index < -0.39 is 5.82 Å². The van der Waals surface area contributed by atoms with Crippen molar-refractivity contribution in [3.05, 3.63) is 72.5 Å². The Morgan fingerprint density at radius 2 is 1.52 bits per heavy atom. The normalized spacial score (nSPS) is 10.8. The van der Waals surface area contributed by atoms with Gasteiger partial charge >= 0.3 is 0 Å². The second kappa shape index (κ2) is 7.75. The number of aryl methyl sites for hydroxylation is 1. The van der Waals surface area contributed by atoms with Crippen LogP contribution in [0.15, 0.2) is 66.7 Å². The molecule has 0 atom stereocenters. The number of rotatable bonds is 5. The minimum absolute atomic E-state index is 0.223. The van der Waals surface area contributed by atoms with Gasteiger partial charge < -0.3 is 9.47 Å². The molecule has 0 radical (unpaired) electrons. The molecule has 0 aliphatic rings. The Balaban J connectivity index is 1.72. The van der Waals surface area contributed by atoms with E-state index in [1.807, 2.05) is 61.6 Å². The van der Waals surface area contributed by atoms with E-state index in [1.165, 1.54) is 13.2 Å². The fraction of sp³-hybridized carbons (Fsp3) is 0.130. The van der Waals surface area contributed by atoms with Crippen molar-refractivity contribution < 1.29 is 13.9 Å². The maximum Gasteiger partial charge on any atom is 0.181 e. The molecule has 0 fully saturated rings. The molecular weight excluding hydrogens is 369 g/mol. The summed E-state index contributed by atoms with van der Waals surface area (Å²) >= 11 is 0. The van der Waals surface area contributed by atoms with Gasteiger partial charge in [-0.15, -0.1) is 0 Å². The van der Waals surface area contributed by atoms with Gasteiger partial charge in [-0.05, 0) is 41.5 Å². The van der Waals surface area contributed by atoms with Crippen LogP contribution >= 0.6 is 0 Å². The van der Waals surface area contributed by atoms with Crippen LogP contribution in [0.5, 0.6) is 11.5 Å². The fourth-order valence-electron chi connectivity index (χ4n) is 3.20. The molecule has 0 saturated carbocycles. The smallest absolute Gasteiger partial charge is 0.181 e. The zero-order chi connectivity index (χ0) is 20.4. The van der Waals surface area contributed by atoms with Gasteiger partial charge in [0.2, 0.25) is 0 Å². The van der Waals surface area contributed by atoms with Gasteiger partial charge in [-0.25, -0.2) is 14.1 Å². The molecule has 6 heteroatoms. The Morgan fingerprint density at radius 1 is 0.793 bits per heavy atom. The topological polar surface area (TPSA) is 49.2 Å². The van der Waals surface area contributed by atoms with Gasteiger partial charge in [0.15, 0.2) is 23.2 Å². The number of benzene rings is 3. The molecule has 1 heterocycles. The summed E-state index contributed by atoms with van der Waals surface area (Å²) in [5, 5.41) is 4.55. The highest BCUT2D eigenvalue weighted by atomic mass is 19.1. The van der Waals surface area contributed by atoms with E-state index in [9.17, 15) is 4.39 Å². The van der Waals surface area contributed by atoms with Gasteiger partial charge in [0.25, 0.3) is 0 Å². The monoisotopic (exact) mass is 389 g/mol. The van der Waals surface area contributed by atoms with Crippen LogP contribution in [-0.2, 0) is 7.05 Å². The highest BCUT2D eigenvalue weighted by Crippen LogP contribution is 2.30. The average molecular weight is 389 g/mol. The Hall–Kier alpha value is -3.67. The predicted molar refractivity (Wildman–Crippen MR) is 110 cm³/mol. The summed E-state index contributed by atoms with van der Waals surface area (Å²) in [5.74, 6) is 1.91. The lowest BCUT2D eigenvalue weighted by Crippen LogP contribution is -1.95. The van der Waals surface area contributed by atoms with Crippen molar-refractivity contribution in [2.45, 2.75) is 0 Å². The van der Waals surface area contributed by atoms with Crippen molar-refractivity contribution in [2.24, 2.45) is 7.05 Å². The third kappa shape index (κ3) is 3.69. The van der Waals surface area contributed by atoms with Gasteiger partial charge in [-0.1, -0.05) is 36.4 Å². The van der Waals surface area contributed by atoms with Crippen LogP contribution in [0, 0.1) is 5.82 Å². The molecule has 1 aromatic heterocycles. The van der Waals surface area contributed by atoms with E-state index in [0.29, 0.717) is 5.82 Å². The van der Waals surface area contributed by atoms with Crippen LogP contribution in [0.1, 0.15) is 0 Å². The van der Waals surface area contributed by atoms with Gasteiger partial charge in [-0.3, -0.25) is 0 Å². The summed E-state index contributed by atoms with van der Waals surface area (Å²) in [5.41, 5.74) is 3.41. The zero-order valence-electron chi connectivity index (χ0n) is 16.4. The summed E-state index contributed by atoms with van der Waals surface area (Å²) in [6.07, 6.45) is 0. The average Bonchev–Trinajstić information content (AvgIpc) is 3.15. The Morgan fingerprint density at radius 3 is 2.28 bits per heavy atom. The first-order chi connectivity index (χ1) is 14.1. The third-order valence-corrected chi connectivity index (χ3v) is 4.70. The maximum atomic E-state index is 14.1. The molecule has 4 rings (SSSR count). The van der Waals surface area contributed by atoms with Crippen molar-refractivity contribution in [1.29, 1.82) is 0 Å². The SMILES string of the molecule is COc1cccc(-c2nc(-c3cccc(-c4ccc(OC)c(F)c4)c3)n(C)n2)c1. The number of nitrogens with zero attached hydrogens (tertiary/aromatic N) is 3. The Labute approximate surface area is 168 Å². The van der Waals surface area contributed by atoms with Crippen LogP contribution in [-0.4, -0.2) is 29.0 Å². The largest absolute Gasteiger partial charge is 0.497 e. The highest BCUT2D eigenvalue weighted by molar-refractivity contribution is 5.72. The molecule has 0 N–H and O–H groups in total. The lowest BCUT2D eigenvalue weighted by molar-refractivity contribution is 0.386. The van der Waals surface area contributed by atoms with Crippen LogP contribution < -0.4 is 9.47 Å². The van der Waals surface area contributed by atoms with E-state index in [1.54, 1.807) is 17.9 Å². The van der Waals surface area contributed by atoms with E-state index >= 15 is 0 Å². The summed E-state index contributed by atoms with van der Waals surface area (Å²) in [6.45, 7) is 0. The molecule has 146 valence electrons. The van der Waals surface area contributed by atoms with Gasteiger partial charge in [0.05, 0.1) is 14.2 Å². The lowest BCUT2D eigenvalue weighted by Gasteiger charge is -2.07. The second-order valence-corrected chi connectivity index (χ2v) is 6.54. The predicted octanol–water partition coefficient (Wildman–Crippen LogP) is 4.97. The van der Waals surface area contributed by atoms with Crippen molar-refractivity contribution in [2.75, 3.05) is 14.2 Å². The van der Waals surface area contributed by atoms with E-state index in [0.717, 1.165) is 33.8 Å². The summed E-state index contributed by atoms with van der Waals surface area (Å²) < 4.78 is 26.1. The van der Waals surface area contributed by atoms with Gasteiger partial charge in [0.1, 0.15) is 5.75 Å². The Kier molecular flexibility index (Phi) is 4.99. The standard InChI is InChI=1S/C23H20FN3O2/c1-27-23(25-22(26-27)17-7-5-9-19(13-17)28-2)18-8-4-6-15(12-18)16-10-11-21(29-3)20(24)14-16/h4-14H,1-3H3. The first-order valence-corrected chi connectivity index (χ1v) is 9.09. The van der Waals surface area contributed by atoms with Crippen LogP contribution in [0.3, 0.4) is 0 Å². The first kappa shape index (κ1) is 18.7. The number of methoxy groups -OCH3 is 2. The molecule has 5 nitrogen and oxygen atoms in total. The quantitative estimate of drug-likeness (QED) is 0.483. The molecule has 3 aromatic carbocycles. The van der Waals surface area contributed by atoms with E-state index in [4.69, 9.17) is 14.5 Å². The molecular formula is C23H20FN3O2. The number of hydrogen-bond donors (Lipinski definition) is 0. The zero-order valence-corrected chi connectivity index (χ0v) is 16.4. The minimum Gasteiger partial charge on any atom is -0.497 e. The second-order valence-electron chi connectivity index (χ2n) is 6.54. The molecule has 0 aliphatic carbocycles. The van der Waals surface area contributed by atoms with Crippen molar-refractivity contribution in [1.82, 2.24) is 14.8 Å². The third-order valence-electron chi connectivity index (χ3n) is 4.70. The summed E-state index contributed by atoms with van der Waals surface area (Å²) in [4.78, 5) is 4.71. The number of aromatic nitrogens is 3. The number of halogens is 1. The number of ether oxygens (including phenoxy) is 2. The van der Waals surface area contributed by atoms with E-state index in [-0.39, 0.29) is 5.75 Å². The minimum atomic E-state index is -0.394. The summed E-state index contributed by atoms with van der Waals surface area (Å²) in [7, 11) is 4.93. The molecule has 0 spiro atoms. The molecule has 0 unspecified atom stereocenters. The lowest BCUT2D eigenvalue weighted by atomic mass is 10.0. The molecule has 4 aromatic rings. The fourth-order valence-corrected chi connectivity index (χ4v) is 3.20. The van der Waals surface area contributed by atoms with Crippen molar-refractivity contribution in [3.8, 4) is 45.4 Å². The van der Waals surface area contributed by atoms with Crippen molar-refractivity contribution in [3.63, 3.8) is 0 Å². The maximum absolute atomic E-state index is 14.1. The van der Waals surface area contributed by atoms with Crippen LogP contribution in [0.25, 0.3) is 33.9 Å². The highest BCUT2D eigenvalue weighted by Gasteiger charge is 2.13. The van der Waals surface area contributed by atoms with Crippen LogP contribution in [0.2, 0.25) is 0 Å². The molecule has 0 aliphatic heterocycles. The van der Waals surface area contributed by atoms with Crippen LogP contribution in [0.4, 0.5) is 4.39 Å². The van der Waals surface area contributed by atoms with Gasteiger partial charge in [0, 0.05) is 18.2 Å². The van der Waals surface area contributed by atoms with Crippen molar-refractivity contribution >= 4 is 0 Å². The molecule has 29 heavy (non-hydrogen) atoms. The first-order valence-electron chi connectivity index (χ1n) is 9.09. The molecule has 0 amide bonds. The Bertz CT molecular complexity index is 1170. The van der Waals surface area contributed by atoms with E-state index in [2.05, 4.69) is 5.10 Å². The summed E-state index contributed by atoms with van der Waals surface area (Å²) in [6, 6.07) is 20.3.